The number of aliphatic hydroxyl groups is 1. The largest absolute Gasteiger partial charge is 0.454 e. The first-order valence-electron chi connectivity index (χ1n) is 8.80. The Hall–Kier alpha value is -1.79. The minimum atomic E-state index is -0.399. The average Bonchev–Trinajstić information content (AvgIpc) is 3.27. The third-order valence-corrected chi connectivity index (χ3v) is 6.27. The van der Waals surface area contributed by atoms with Gasteiger partial charge in [-0.3, -0.25) is 9.69 Å². The molecule has 1 aromatic carbocycles. The highest BCUT2D eigenvalue weighted by atomic mass is 16.7. The Kier molecular flexibility index (Phi) is 3.25. The van der Waals surface area contributed by atoms with Gasteiger partial charge in [0.1, 0.15) is 6.61 Å². The first-order chi connectivity index (χ1) is 11.8. The maximum atomic E-state index is 12.3. The number of hydrogen-bond donors (Lipinski definition) is 1. The van der Waals surface area contributed by atoms with Crippen molar-refractivity contribution in [2.75, 3.05) is 33.0 Å². The van der Waals surface area contributed by atoms with Crippen LogP contribution >= 0.6 is 0 Å². The Morgan fingerprint density at radius 3 is 2.75 bits per heavy atom. The van der Waals surface area contributed by atoms with Gasteiger partial charge in [0.05, 0.1) is 6.04 Å². The number of amides is 1. The standard InChI is InChI=1S/C18H22N2O4/c21-9-16(22)20-8-13(12-1-2-14-15(7-12)24-10-23-14)18-17(20)11-3-5-19(18)6-4-11/h1-2,7,11,13,17-18,21H,3-6,8-10H2/t13-,17-,18-/m1/s1. The first-order valence-corrected chi connectivity index (χ1v) is 8.80. The molecule has 128 valence electrons. The molecule has 0 saturated carbocycles. The third-order valence-electron chi connectivity index (χ3n) is 6.27. The molecule has 5 aliphatic rings. The molecule has 1 N–H and O–H groups in total. The van der Waals surface area contributed by atoms with E-state index in [4.69, 9.17) is 9.47 Å². The molecule has 0 aromatic heterocycles. The summed E-state index contributed by atoms with van der Waals surface area (Å²) in [7, 11) is 0. The summed E-state index contributed by atoms with van der Waals surface area (Å²) < 4.78 is 11.0. The third kappa shape index (κ3) is 1.99. The maximum absolute atomic E-state index is 12.3. The molecule has 4 fully saturated rings. The summed E-state index contributed by atoms with van der Waals surface area (Å²) in [6.45, 7) is 2.80. The van der Waals surface area contributed by atoms with Crippen LogP contribution in [0.3, 0.4) is 0 Å². The lowest BCUT2D eigenvalue weighted by Crippen LogP contribution is -2.61. The van der Waals surface area contributed by atoms with Crippen molar-refractivity contribution >= 4 is 5.91 Å². The monoisotopic (exact) mass is 330 g/mol. The molecule has 6 rings (SSSR count). The fourth-order valence-electron chi connectivity index (χ4n) is 5.23. The number of carbonyl (C=O) groups is 1. The molecule has 24 heavy (non-hydrogen) atoms. The Bertz CT molecular complexity index is 671. The SMILES string of the molecule is O=C(CO)N1C[C@H](c2ccc3c(c2)OCO3)[C@@H]2[C@H]1C1CCN2CC1. The van der Waals surface area contributed by atoms with Crippen LogP contribution in [-0.4, -0.2) is 65.9 Å². The second kappa shape index (κ2) is 5.36. The molecule has 2 bridgehead atoms. The summed E-state index contributed by atoms with van der Waals surface area (Å²) in [4.78, 5) is 16.8. The van der Waals surface area contributed by atoms with E-state index in [1.165, 1.54) is 5.56 Å². The fraction of sp³-hybridized carbons (Fsp3) is 0.611. The van der Waals surface area contributed by atoms with Gasteiger partial charge in [-0.25, -0.2) is 0 Å². The number of ether oxygens (including phenoxy) is 2. The second-order valence-corrected chi connectivity index (χ2v) is 7.28. The van der Waals surface area contributed by atoms with E-state index in [-0.39, 0.29) is 24.7 Å². The highest BCUT2D eigenvalue weighted by molar-refractivity contribution is 5.78. The number of rotatable bonds is 2. The topological polar surface area (TPSA) is 62.2 Å². The Morgan fingerprint density at radius 2 is 1.96 bits per heavy atom. The van der Waals surface area contributed by atoms with Gasteiger partial charge >= 0.3 is 0 Å². The van der Waals surface area contributed by atoms with Crippen LogP contribution in [0.15, 0.2) is 18.2 Å². The smallest absolute Gasteiger partial charge is 0.248 e. The maximum Gasteiger partial charge on any atom is 0.248 e. The zero-order valence-corrected chi connectivity index (χ0v) is 13.6. The molecule has 1 aromatic rings. The molecule has 6 nitrogen and oxygen atoms in total. The van der Waals surface area contributed by atoms with Crippen LogP contribution in [-0.2, 0) is 4.79 Å². The van der Waals surface area contributed by atoms with Crippen molar-refractivity contribution in [3.8, 4) is 11.5 Å². The molecule has 0 aliphatic carbocycles. The van der Waals surface area contributed by atoms with Gasteiger partial charge in [-0.2, -0.15) is 0 Å². The van der Waals surface area contributed by atoms with Gasteiger partial charge in [-0.1, -0.05) is 6.07 Å². The van der Waals surface area contributed by atoms with E-state index in [9.17, 15) is 9.90 Å². The number of likely N-dealkylation sites (tertiary alicyclic amines) is 1. The molecule has 5 heterocycles. The first kappa shape index (κ1) is 14.5. The quantitative estimate of drug-likeness (QED) is 0.869. The van der Waals surface area contributed by atoms with Crippen LogP contribution in [0.5, 0.6) is 11.5 Å². The fourth-order valence-corrected chi connectivity index (χ4v) is 5.23. The number of benzene rings is 1. The van der Waals surface area contributed by atoms with Crippen molar-refractivity contribution in [2.45, 2.75) is 30.8 Å². The van der Waals surface area contributed by atoms with Gasteiger partial charge in [-0.05, 0) is 49.5 Å². The number of aliphatic hydroxyl groups excluding tert-OH is 1. The van der Waals surface area contributed by atoms with Crippen molar-refractivity contribution < 1.29 is 19.4 Å². The summed E-state index contributed by atoms with van der Waals surface area (Å²) in [6.07, 6.45) is 2.31. The van der Waals surface area contributed by atoms with Crippen molar-refractivity contribution in [3.63, 3.8) is 0 Å². The number of hydrogen-bond acceptors (Lipinski definition) is 5. The number of piperidine rings is 3. The van der Waals surface area contributed by atoms with Crippen molar-refractivity contribution in [2.24, 2.45) is 5.92 Å². The molecule has 5 aliphatic heterocycles. The molecule has 0 unspecified atom stereocenters. The van der Waals surface area contributed by atoms with E-state index in [1.54, 1.807) is 0 Å². The Balaban J connectivity index is 1.52. The summed E-state index contributed by atoms with van der Waals surface area (Å²) >= 11 is 0. The summed E-state index contributed by atoms with van der Waals surface area (Å²) in [5.74, 6) is 2.29. The molecular formula is C18H22N2O4. The van der Waals surface area contributed by atoms with E-state index < -0.39 is 6.61 Å². The zero-order chi connectivity index (χ0) is 16.3. The lowest BCUT2D eigenvalue weighted by Gasteiger charge is -2.51. The van der Waals surface area contributed by atoms with E-state index in [2.05, 4.69) is 17.0 Å². The van der Waals surface area contributed by atoms with Crippen molar-refractivity contribution in [3.05, 3.63) is 23.8 Å². The highest BCUT2D eigenvalue weighted by Gasteiger charge is 2.54. The minimum Gasteiger partial charge on any atom is -0.454 e. The predicted molar refractivity (Wildman–Crippen MR) is 86.0 cm³/mol. The van der Waals surface area contributed by atoms with Crippen LogP contribution in [0.2, 0.25) is 0 Å². The molecule has 1 amide bonds. The predicted octanol–water partition coefficient (Wildman–Crippen LogP) is 0.796. The van der Waals surface area contributed by atoms with Crippen LogP contribution in [0.4, 0.5) is 0 Å². The number of fused-ring (bicyclic) bond motifs is 3. The average molecular weight is 330 g/mol. The molecule has 3 atom stereocenters. The highest BCUT2D eigenvalue weighted by Crippen LogP contribution is 2.47. The minimum absolute atomic E-state index is 0.137. The Morgan fingerprint density at radius 1 is 1.17 bits per heavy atom. The lowest BCUT2D eigenvalue weighted by atomic mass is 9.75. The molecular weight excluding hydrogens is 308 g/mol. The van der Waals surface area contributed by atoms with Gasteiger partial charge in [-0.15, -0.1) is 0 Å². The van der Waals surface area contributed by atoms with E-state index in [1.807, 2.05) is 11.0 Å². The van der Waals surface area contributed by atoms with Crippen LogP contribution in [0, 0.1) is 5.92 Å². The van der Waals surface area contributed by atoms with E-state index >= 15 is 0 Å². The van der Waals surface area contributed by atoms with Crippen LogP contribution in [0.25, 0.3) is 0 Å². The van der Waals surface area contributed by atoms with Crippen molar-refractivity contribution in [1.29, 1.82) is 0 Å². The second-order valence-electron chi connectivity index (χ2n) is 7.28. The molecule has 4 saturated heterocycles. The van der Waals surface area contributed by atoms with Gasteiger partial charge in [0.2, 0.25) is 12.7 Å². The lowest BCUT2D eigenvalue weighted by molar-refractivity contribution is -0.138. The van der Waals surface area contributed by atoms with Gasteiger partial charge in [0.15, 0.2) is 11.5 Å². The molecule has 6 heteroatoms. The number of carbonyl (C=O) groups excluding carboxylic acids is 1. The number of nitrogens with zero attached hydrogens (tertiary/aromatic N) is 2. The van der Waals surface area contributed by atoms with Crippen LogP contribution in [0.1, 0.15) is 24.3 Å². The van der Waals surface area contributed by atoms with E-state index in [0.29, 0.717) is 18.5 Å². The van der Waals surface area contributed by atoms with Gasteiger partial charge in [0, 0.05) is 18.5 Å². The van der Waals surface area contributed by atoms with Crippen molar-refractivity contribution in [1.82, 2.24) is 9.80 Å². The molecule has 0 spiro atoms. The normalized spacial score (nSPS) is 36.0. The van der Waals surface area contributed by atoms with Gasteiger partial charge < -0.3 is 19.5 Å². The van der Waals surface area contributed by atoms with Gasteiger partial charge in [0.25, 0.3) is 0 Å². The summed E-state index contributed by atoms with van der Waals surface area (Å²) in [5, 5.41) is 9.40. The summed E-state index contributed by atoms with van der Waals surface area (Å²) in [5.41, 5.74) is 1.20. The molecule has 0 radical (unpaired) electrons. The zero-order valence-electron chi connectivity index (χ0n) is 13.6. The van der Waals surface area contributed by atoms with Crippen LogP contribution < -0.4 is 9.47 Å². The Labute approximate surface area is 140 Å². The summed E-state index contributed by atoms with van der Waals surface area (Å²) in [6, 6.07) is 6.74. The van der Waals surface area contributed by atoms with E-state index in [0.717, 1.165) is 37.4 Å².